The van der Waals surface area contributed by atoms with Crippen LogP contribution in [0, 0.1) is 0 Å². The van der Waals surface area contributed by atoms with Crippen LogP contribution in [-0.4, -0.2) is 41.6 Å². The highest BCUT2D eigenvalue weighted by atomic mass is 16.5. The lowest BCUT2D eigenvalue weighted by atomic mass is 10.0. The predicted octanol–water partition coefficient (Wildman–Crippen LogP) is 1.83. The van der Waals surface area contributed by atoms with Crippen molar-refractivity contribution in [2.24, 2.45) is 0 Å². The zero-order valence-corrected chi connectivity index (χ0v) is 12.8. The highest BCUT2D eigenvalue weighted by Crippen LogP contribution is 2.30. The van der Waals surface area contributed by atoms with Gasteiger partial charge in [-0.1, -0.05) is 30.3 Å². The van der Waals surface area contributed by atoms with Crippen LogP contribution in [0.25, 0.3) is 16.8 Å². The lowest BCUT2D eigenvalue weighted by Crippen LogP contribution is -2.35. The first-order chi connectivity index (χ1) is 11.5. The fourth-order valence-corrected chi connectivity index (χ4v) is 2.60. The first-order valence-corrected chi connectivity index (χ1v) is 7.13. The smallest absolute Gasteiger partial charge is 0.329 e. The van der Waals surface area contributed by atoms with E-state index in [1.54, 1.807) is 6.07 Å². The average Bonchev–Trinajstić information content (AvgIpc) is 2.82. The summed E-state index contributed by atoms with van der Waals surface area (Å²) in [5.74, 6) is -1.40. The van der Waals surface area contributed by atoms with E-state index in [1.807, 2.05) is 30.3 Å². The van der Waals surface area contributed by atoms with E-state index in [9.17, 15) is 14.4 Å². The maximum absolute atomic E-state index is 12.3. The number of carbonyl (C=O) groups is 3. The molecular weight excluding hydrogens is 312 g/mol. The summed E-state index contributed by atoms with van der Waals surface area (Å²) in [6.45, 7) is -0.686. The zero-order valence-electron chi connectivity index (χ0n) is 12.8. The van der Waals surface area contributed by atoms with Crippen LogP contribution in [0.15, 0.2) is 42.1 Å². The van der Waals surface area contributed by atoms with Gasteiger partial charge in [0.1, 0.15) is 18.0 Å². The Labute approximate surface area is 137 Å². The molecule has 0 aliphatic carbocycles. The number of methoxy groups -OCH3 is 1. The fraction of sp³-hybridized carbons (Fsp3) is 0.118. The third-order valence-electron chi connectivity index (χ3n) is 3.69. The number of hydrogen-bond donors (Lipinski definition) is 2. The first kappa shape index (κ1) is 15.5. The summed E-state index contributed by atoms with van der Waals surface area (Å²) in [5, 5.41) is 13.0. The molecule has 0 atom stereocenters. The fourth-order valence-electron chi connectivity index (χ4n) is 2.60. The van der Waals surface area contributed by atoms with Crippen molar-refractivity contribution in [3.63, 3.8) is 0 Å². The monoisotopic (exact) mass is 326 g/mol. The minimum Gasteiger partial charge on any atom is -0.496 e. The molecule has 0 saturated carbocycles. The van der Waals surface area contributed by atoms with Crippen LogP contribution in [0.3, 0.4) is 0 Å². The zero-order chi connectivity index (χ0) is 17.3. The van der Waals surface area contributed by atoms with Crippen LogP contribution >= 0.6 is 0 Å². The van der Waals surface area contributed by atoms with Crippen LogP contribution < -0.4 is 10.1 Å². The Balaban J connectivity index is 2.09. The summed E-state index contributed by atoms with van der Waals surface area (Å²) in [5.41, 5.74) is 0.646. The molecule has 2 N–H and O–H groups in total. The van der Waals surface area contributed by atoms with Gasteiger partial charge in [-0.2, -0.15) is 0 Å². The number of amides is 3. The third kappa shape index (κ3) is 2.67. The van der Waals surface area contributed by atoms with Crippen molar-refractivity contribution in [1.29, 1.82) is 0 Å². The molecule has 3 rings (SSSR count). The SMILES string of the molecule is COc1ccc2ccccc2c1/C=C1\NC(=O)N(CC(=O)O)C1=O. The molecule has 0 bridgehead atoms. The van der Waals surface area contributed by atoms with E-state index in [4.69, 9.17) is 9.84 Å². The molecule has 1 fully saturated rings. The molecule has 7 nitrogen and oxygen atoms in total. The van der Waals surface area contributed by atoms with Gasteiger partial charge in [-0.05, 0) is 22.9 Å². The molecule has 1 saturated heterocycles. The molecule has 1 aliphatic rings. The number of hydrogen-bond acceptors (Lipinski definition) is 4. The number of nitrogens with zero attached hydrogens (tertiary/aromatic N) is 1. The van der Waals surface area contributed by atoms with E-state index in [2.05, 4.69) is 5.32 Å². The van der Waals surface area contributed by atoms with Crippen LogP contribution in [0.4, 0.5) is 4.79 Å². The Kier molecular flexibility index (Phi) is 3.91. The molecular formula is C17H14N2O5. The minimum atomic E-state index is -1.26. The minimum absolute atomic E-state index is 0.0101. The molecule has 1 aliphatic heterocycles. The van der Waals surface area contributed by atoms with E-state index in [0.29, 0.717) is 16.2 Å². The van der Waals surface area contributed by atoms with Crippen molar-refractivity contribution in [3.8, 4) is 5.75 Å². The molecule has 3 amide bonds. The van der Waals surface area contributed by atoms with Gasteiger partial charge in [0, 0.05) is 5.56 Å². The number of carboxylic acid groups (broad SMARTS) is 1. The predicted molar refractivity (Wildman–Crippen MR) is 86.4 cm³/mol. The molecule has 0 aromatic heterocycles. The standard InChI is InChI=1S/C17H14N2O5/c1-24-14-7-6-10-4-2-3-5-11(10)12(14)8-13-16(22)19(9-15(20)21)17(23)18-13/h2-8H,9H2,1H3,(H,18,23)(H,20,21)/b13-8-. The number of benzene rings is 2. The Hall–Kier alpha value is -3.35. The summed E-state index contributed by atoms with van der Waals surface area (Å²) >= 11 is 0. The van der Waals surface area contributed by atoms with E-state index in [1.165, 1.54) is 13.2 Å². The normalized spacial score (nSPS) is 15.9. The Morgan fingerprint density at radius 3 is 2.71 bits per heavy atom. The van der Waals surface area contributed by atoms with E-state index < -0.39 is 24.5 Å². The number of carbonyl (C=O) groups excluding carboxylic acids is 2. The number of urea groups is 1. The maximum Gasteiger partial charge on any atom is 0.329 e. The highest BCUT2D eigenvalue weighted by Gasteiger charge is 2.35. The number of carboxylic acids is 1. The van der Waals surface area contributed by atoms with E-state index >= 15 is 0 Å². The number of fused-ring (bicyclic) bond motifs is 1. The Morgan fingerprint density at radius 2 is 2.00 bits per heavy atom. The van der Waals surface area contributed by atoms with Crippen molar-refractivity contribution in [1.82, 2.24) is 10.2 Å². The molecule has 7 heteroatoms. The van der Waals surface area contributed by atoms with Gasteiger partial charge >= 0.3 is 12.0 Å². The van der Waals surface area contributed by atoms with Crippen molar-refractivity contribution in [3.05, 3.63) is 47.7 Å². The van der Waals surface area contributed by atoms with Crippen LogP contribution in [-0.2, 0) is 9.59 Å². The van der Waals surface area contributed by atoms with Gasteiger partial charge in [0.25, 0.3) is 5.91 Å². The van der Waals surface area contributed by atoms with E-state index in [-0.39, 0.29) is 5.70 Å². The average molecular weight is 326 g/mol. The largest absolute Gasteiger partial charge is 0.496 e. The molecule has 122 valence electrons. The molecule has 1 heterocycles. The van der Waals surface area contributed by atoms with Crippen LogP contribution in [0.1, 0.15) is 5.56 Å². The van der Waals surface area contributed by atoms with Crippen molar-refractivity contribution in [2.45, 2.75) is 0 Å². The molecule has 0 radical (unpaired) electrons. The number of ether oxygens (including phenoxy) is 1. The second-order valence-electron chi connectivity index (χ2n) is 5.18. The summed E-state index contributed by atoms with van der Waals surface area (Å²) in [6.07, 6.45) is 1.50. The van der Waals surface area contributed by atoms with Gasteiger partial charge in [0.05, 0.1) is 7.11 Å². The Morgan fingerprint density at radius 1 is 1.25 bits per heavy atom. The highest BCUT2D eigenvalue weighted by molar-refractivity contribution is 6.15. The van der Waals surface area contributed by atoms with Crippen molar-refractivity contribution in [2.75, 3.05) is 13.7 Å². The second kappa shape index (κ2) is 6.04. The summed E-state index contributed by atoms with van der Waals surface area (Å²) in [7, 11) is 1.51. The van der Waals surface area contributed by atoms with Gasteiger partial charge in [-0.15, -0.1) is 0 Å². The van der Waals surface area contributed by atoms with Gasteiger partial charge in [0.15, 0.2) is 0 Å². The quantitative estimate of drug-likeness (QED) is 0.660. The summed E-state index contributed by atoms with van der Waals surface area (Å²) in [4.78, 5) is 35.5. The first-order valence-electron chi connectivity index (χ1n) is 7.13. The number of rotatable bonds is 4. The molecule has 0 spiro atoms. The topological polar surface area (TPSA) is 95.9 Å². The lowest BCUT2D eigenvalue weighted by Gasteiger charge is -2.10. The third-order valence-corrected chi connectivity index (χ3v) is 3.69. The summed E-state index contributed by atoms with van der Waals surface area (Å²) < 4.78 is 5.34. The maximum atomic E-state index is 12.3. The van der Waals surface area contributed by atoms with Gasteiger partial charge in [-0.25, -0.2) is 9.69 Å². The molecule has 2 aromatic carbocycles. The number of nitrogens with one attached hydrogen (secondary N) is 1. The molecule has 2 aromatic rings. The van der Waals surface area contributed by atoms with Crippen molar-refractivity contribution < 1.29 is 24.2 Å². The molecule has 24 heavy (non-hydrogen) atoms. The van der Waals surface area contributed by atoms with Gasteiger partial charge in [-0.3, -0.25) is 9.59 Å². The van der Waals surface area contributed by atoms with Crippen molar-refractivity contribution >= 4 is 34.8 Å². The second-order valence-corrected chi connectivity index (χ2v) is 5.18. The van der Waals surface area contributed by atoms with Crippen LogP contribution in [0.5, 0.6) is 5.75 Å². The van der Waals surface area contributed by atoms with E-state index in [0.717, 1.165) is 10.8 Å². The lowest BCUT2D eigenvalue weighted by molar-refractivity contribution is -0.140. The van der Waals surface area contributed by atoms with Gasteiger partial charge in [0.2, 0.25) is 0 Å². The van der Waals surface area contributed by atoms with Gasteiger partial charge < -0.3 is 15.2 Å². The summed E-state index contributed by atoms with van der Waals surface area (Å²) in [6, 6.07) is 10.4. The van der Waals surface area contributed by atoms with Crippen LogP contribution in [0.2, 0.25) is 0 Å². The Bertz CT molecular complexity index is 888. The number of imide groups is 1. The molecule has 0 unspecified atom stereocenters. The number of aliphatic carboxylic acids is 1.